The summed E-state index contributed by atoms with van der Waals surface area (Å²) in [6.07, 6.45) is 3.88. The average molecular weight is 333 g/mol. The van der Waals surface area contributed by atoms with Crippen LogP contribution in [0.25, 0.3) is 0 Å². The van der Waals surface area contributed by atoms with Gasteiger partial charge in [-0.2, -0.15) is 0 Å². The second-order valence-electron chi connectivity index (χ2n) is 6.40. The number of nitrogens with zero attached hydrogens (tertiary/aromatic N) is 2. The molecule has 0 aliphatic carbocycles. The smallest absolute Gasteiger partial charge is 0.253 e. The van der Waals surface area contributed by atoms with E-state index in [-0.39, 0.29) is 17.9 Å². The Hall–Kier alpha value is -2.15. The van der Waals surface area contributed by atoms with Crippen molar-refractivity contribution in [1.29, 1.82) is 0 Å². The lowest BCUT2D eigenvalue weighted by Crippen LogP contribution is -2.36. The number of likely N-dealkylation sites (N-methyl/N-ethyl adjacent to an activating group) is 1. The summed E-state index contributed by atoms with van der Waals surface area (Å²) in [6.45, 7) is 2.75. The van der Waals surface area contributed by atoms with E-state index in [4.69, 9.17) is 9.47 Å². The van der Waals surface area contributed by atoms with Crippen LogP contribution >= 0.6 is 0 Å². The van der Waals surface area contributed by atoms with Crippen LogP contribution in [0.1, 0.15) is 29.6 Å². The molecule has 1 aromatic rings. The molecule has 2 fully saturated rings. The first-order valence-electron chi connectivity index (χ1n) is 8.33. The second kappa shape index (κ2) is 7.61. The van der Waals surface area contributed by atoms with Crippen LogP contribution in [-0.2, 0) is 9.53 Å². The lowest BCUT2D eigenvalue weighted by molar-refractivity contribution is -0.126. The van der Waals surface area contributed by atoms with Gasteiger partial charge in [-0.15, -0.1) is 0 Å². The van der Waals surface area contributed by atoms with Gasteiger partial charge in [-0.1, -0.05) is 0 Å². The largest absolute Gasteiger partial charge is 0.477 e. The molecule has 0 aromatic carbocycles. The van der Waals surface area contributed by atoms with Crippen LogP contribution in [0.5, 0.6) is 5.88 Å². The molecule has 24 heavy (non-hydrogen) atoms. The quantitative estimate of drug-likeness (QED) is 0.864. The summed E-state index contributed by atoms with van der Waals surface area (Å²) in [5.74, 6) is 0.858. The Morgan fingerprint density at radius 2 is 2.21 bits per heavy atom. The molecule has 1 unspecified atom stereocenters. The molecular formula is C17H23N3O4. The van der Waals surface area contributed by atoms with Crippen LogP contribution in [0.15, 0.2) is 18.3 Å². The van der Waals surface area contributed by atoms with Gasteiger partial charge in [-0.05, 0) is 24.8 Å². The van der Waals surface area contributed by atoms with E-state index in [2.05, 4.69) is 10.3 Å². The second-order valence-corrected chi connectivity index (χ2v) is 6.40. The van der Waals surface area contributed by atoms with E-state index in [0.29, 0.717) is 36.9 Å². The molecule has 3 heterocycles. The Bertz CT molecular complexity index is 584. The minimum atomic E-state index is -0.216. The van der Waals surface area contributed by atoms with Crippen molar-refractivity contribution < 1.29 is 19.1 Å². The van der Waals surface area contributed by atoms with E-state index in [9.17, 15) is 9.59 Å². The summed E-state index contributed by atoms with van der Waals surface area (Å²) in [7, 11) is 1.74. The molecule has 1 aromatic heterocycles. The fourth-order valence-electron chi connectivity index (χ4n) is 2.95. The standard InChI is InChI=1S/C17H23N3O4/c1-20-10-14(8-16(20)21)19-17(22)13-2-3-15(18-9-13)24-11-12-4-6-23-7-5-12/h2-3,9,12,14H,4-8,10-11H2,1H3,(H,19,22). The van der Waals surface area contributed by atoms with Crippen molar-refractivity contribution in [2.45, 2.75) is 25.3 Å². The average Bonchev–Trinajstić information content (AvgIpc) is 2.92. The van der Waals surface area contributed by atoms with Crippen LogP contribution in [0.4, 0.5) is 0 Å². The molecule has 1 atom stereocenters. The third-order valence-electron chi connectivity index (χ3n) is 4.48. The molecule has 2 aliphatic heterocycles. The van der Waals surface area contributed by atoms with Crippen molar-refractivity contribution in [2.75, 3.05) is 33.4 Å². The van der Waals surface area contributed by atoms with Gasteiger partial charge in [-0.25, -0.2) is 4.98 Å². The number of hydrogen-bond donors (Lipinski definition) is 1. The van der Waals surface area contributed by atoms with Gasteiger partial charge >= 0.3 is 0 Å². The number of carbonyl (C=O) groups is 2. The topological polar surface area (TPSA) is 80.8 Å². The van der Waals surface area contributed by atoms with E-state index in [1.165, 1.54) is 6.20 Å². The van der Waals surface area contributed by atoms with Crippen molar-refractivity contribution >= 4 is 11.8 Å². The minimum Gasteiger partial charge on any atom is -0.477 e. The van der Waals surface area contributed by atoms with Gasteiger partial charge < -0.3 is 19.7 Å². The van der Waals surface area contributed by atoms with E-state index < -0.39 is 0 Å². The first-order valence-corrected chi connectivity index (χ1v) is 8.33. The summed E-state index contributed by atoms with van der Waals surface area (Å²) >= 11 is 0. The van der Waals surface area contributed by atoms with Gasteiger partial charge in [-0.3, -0.25) is 9.59 Å². The van der Waals surface area contributed by atoms with E-state index in [1.54, 1.807) is 24.1 Å². The molecule has 2 saturated heterocycles. The number of amides is 2. The molecular weight excluding hydrogens is 310 g/mol. The molecule has 2 aliphatic rings. The summed E-state index contributed by atoms with van der Waals surface area (Å²) in [5, 5.41) is 2.86. The van der Waals surface area contributed by atoms with Crippen molar-refractivity contribution in [3.05, 3.63) is 23.9 Å². The molecule has 3 rings (SSSR count). The number of carbonyl (C=O) groups excluding carboxylic acids is 2. The summed E-state index contributed by atoms with van der Waals surface area (Å²) < 4.78 is 11.0. The van der Waals surface area contributed by atoms with Crippen molar-refractivity contribution in [1.82, 2.24) is 15.2 Å². The Morgan fingerprint density at radius 1 is 1.42 bits per heavy atom. The number of aromatic nitrogens is 1. The molecule has 7 heteroatoms. The van der Waals surface area contributed by atoms with Gasteiger partial charge in [0.25, 0.3) is 5.91 Å². The fourth-order valence-corrected chi connectivity index (χ4v) is 2.95. The molecule has 130 valence electrons. The fraction of sp³-hybridized carbons (Fsp3) is 0.588. The summed E-state index contributed by atoms with van der Waals surface area (Å²) in [6, 6.07) is 3.27. The molecule has 0 saturated carbocycles. The minimum absolute atomic E-state index is 0.0512. The monoisotopic (exact) mass is 333 g/mol. The highest BCUT2D eigenvalue weighted by atomic mass is 16.5. The highest BCUT2D eigenvalue weighted by molar-refractivity contribution is 5.94. The van der Waals surface area contributed by atoms with Crippen LogP contribution in [0.3, 0.4) is 0 Å². The maximum absolute atomic E-state index is 12.2. The number of pyridine rings is 1. The predicted molar refractivity (Wildman–Crippen MR) is 86.8 cm³/mol. The SMILES string of the molecule is CN1CC(NC(=O)c2ccc(OCC3CCOCC3)nc2)CC1=O. The molecule has 2 amide bonds. The van der Waals surface area contributed by atoms with Crippen molar-refractivity contribution in [3.8, 4) is 5.88 Å². The number of ether oxygens (including phenoxy) is 2. The number of nitrogens with one attached hydrogen (secondary N) is 1. The van der Waals surface area contributed by atoms with Gasteiger partial charge in [0.2, 0.25) is 11.8 Å². The Balaban J connectivity index is 1.48. The normalized spacial score (nSPS) is 21.8. The third kappa shape index (κ3) is 4.23. The lowest BCUT2D eigenvalue weighted by Gasteiger charge is -2.21. The number of rotatable bonds is 5. The van der Waals surface area contributed by atoms with E-state index in [1.807, 2.05) is 0 Å². The number of hydrogen-bond acceptors (Lipinski definition) is 5. The van der Waals surface area contributed by atoms with Crippen LogP contribution < -0.4 is 10.1 Å². The van der Waals surface area contributed by atoms with Gasteiger partial charge in [0, 0.05) is 45.5 Å². The summed E-state index contributed by atoms with van der Waals surface area (Å²) in [5.41, 5.74) is 0.468. The predicted octanol–water partition coefficient (Wildman–Crippen LogP) is 0.847. The van der Waals surface area contributed by atoms with Crippen molar-refractivity contribution in [3.63, 3.8) is 0 Å². The van der Waals surface area contributed by atoms with Crippen LogP contribution in [0.2, 0.25) is 0 Å². The van der Waals surface area contributed by atoms with Gasteiger partial charge in [0.1, 0.15) is 0 Å². The molecule has 0 spiro atoms. The van der Waals surface area contributed by atoms with Crippen LogP contribution in [-0.4, -0.2) is 61.2 Å². The maximum atomic E-state index is 12.2. The van der Waals surface area contributed by atoms with Gasteiger partial charge in [0.05, 0.1) is 18.2 Å². The molecule has 7 nitrogen and oxygen atoms in total. The van der Waals surface area contributed by atoms with Crippen LogP contribution in [0, 0.1) is 5.92 Å². The molecule has 0 bridgehead atoms. The van der Waals surface area contributed by atoms with E-state index >= 15 is 0 Å². The Labute approximate surface area is 141 Å². The zero-order valence-corrected chi connectivity index (χ0v) is 13.9. The first-order chi connectivity index (χ1) is 11.6. The van der Waals surface area contributed by atoms with Gasteiger partial charge in [0.15, 0.2) is 0 Å². The Kier molecular flexibility index (Phi) is 5.30. The van der Waals surface area contributed by atoms with E-state index in [0.717, 1.165) is 26.1 Å². The molecule has 1 N–H and O–H groups in total. The third-order valence-corrected chi connectivity index (χ3v) is 4.48. The van der Waals surface area contributed by atoms with Crippen molar-refractivity contribution in [2.24, 2.45) is 5.92 Å². The number of likely N-dealkylation sites (tertiary alicyclic amines) is 1. The zero-order chi connectivity index (χ0) is 16.9. The Morgan fingerprint density at radius 3 is 2.83 bits per heavy atom. The highest BCUT2D eigenvalue weighted by Crippen LogP contribution is 2.17. The maximum Gasteiger partial charge on any atom is 0.253 e. The molecule has 0 radical (unpaired) electrons. The lowest BCUT2D eigenvalue weighted by atomic mass is 10.0. The summed E-state index contributed by atoms with van der Waals surface area (Å²) in [4.78, 5) is 29.5. The highest BCUT2D eigenvalue weighted by Gasteiger charge is 2.28. The zero-order valence-electron chi connectivity index (χ0n) is 13.9. The first kappa shape index (κ1) is 16.7.